The van der Waals surface area contributed by atoms with Crippen molar-refractivity contribution in [1.82, 2.24) is 5.32 Å². The zero-order valence-electron chi connectivity index (χ0n) is 29.0. The number of carboxylic acids is 1. The van der Waals surface area contributed by atoms with Crippen molar-refractivity contribution in [2.45, 2.75) is 50.7 Å². The summed E-state index contributed by atoms with van der Waals surface area (Å²) in [5.74, 6) is 6.81. The highest BCUT2D eigenvalue weighted by Gasteiger charge is 2.15. The van der Waals surface area contributed by atoms with Gasteiger partial charge in [0.05, 0.1) is 28.9 Å². The van der Waals surface area contributed by atoms with E-state index in [0.717, 1.165) is 63.2 Å². The van der Waals surface area contributed by atoms with Crippen LogP contribution in [-0.2, 0) is 9.47 Å². The van der Waals surface area contributed by atoms with E-state index in [1.165, 1.54) is 49.2 Å². The fourth-order valence-corrected chi connectivity index (χ4v) is 5.13. The Kier molecular flexibility index (Phi) is 16.1. The van der Waals surface area contributed by atoms with Crippen LogP contribution in [0.1, 0.15) is 81.5 Å². The average molecular weight is 729 g/mol. The van der Waals surface area contributed by atoms with Gasteiger partial charge in [-0.25, -0.2) is 22.4 Å². The highest BCUT2D eigenvalue weighted by Crippen LogP contribution is 2.14. The Labute approximate surface area is 306 Å². The van der Waals surface area contributed by atoms with Crippen LogP contribution in [0.2, 0.25) is 0 Å². The van der Waals surface area contributed by atoms with E-state index >= 15 is 0 Å². The highest BCUT2D eigenvalue weighted by molar-refractivity contribution is 5.94. The lowest BCUT2D eigenvalue weighted by Crippen LogP contribution is -2.35. The minimum atomic E-state index is -1.02. The summed E-state index contributed by atoms with van der Waals surface area (Å²) in [6, 6.07) is 19.0. The Morgan fingerprint density at radius 2 is 1.13 bits per heavy atom. The molecule has 0 radical (unpaired) electrons. The largest absolute Gasteiger partial charge is 0.478 e. The second-order valence-electron chi connectivity index (χ2n) is 12.1. The number of halogens is 4. The zero-order chi connectivity index (χ0) is 38.0. The summed E-state index contributed by atoms with van der Waals surface area (Å²) in [6.07, 6.45) is 7.30. The molecule has 7 nitrogen and oxygen atoms in total. The maximum atomic E-state index is 13.6. The van der Waals surface area contributed by atoms with Gasteiger partial charge in [-0.1, -0.05) is 23.7 Å². The first-order chi connectivity index (χ1) is 25.6. The number of nitrogens with two attached hydrogens (primary N) is 1. The molecule has 4 aromatic rings. The van der Waals surface area contributed by atoms with Crippen molar-refractivity contribution in [3.63, 3.8) is 0 Å². The van der Waals surface area contributed by atoms with Crippen molar-refractivity contribution >= 4 is 11.9 Å². The number of carbonyl (C=O) groups is 2. The van der Waals surface area contributed by atoms with Gasteiger partial charge in [-0.3, -0.25) is 4.79 Å². The number of hydrogen-bond acceptors (Lipinski definition) is 5. The number of benzene rings is 4. The molecule has 2 saturated heterocycles. The standard InChI is InChI=1S/C21H19F2NO2.C15H8F2O2.C6H13NO/c22-18-11-10-16(20(23)13-18)7-4-15-5-8-17(9-6-15)21(25)24-14-19-3-1-2-12-26-19;16-13-8-7-11(14(17)9-13)4-1-10-2-5-12(6-3-10)15(18)19;7-5-6-3-1-2-4-8-6/h5-6,8-11,13,19H,1-3,12,14H2,(H,24,25);2-3,5-9H,(H,18,19);6H,1-5,7H2. The number of aromatic carboxylic acids is 1. The number of amides is 1. The average Bonchev–Trinajstić information content (AvgIpc) is 3.18. The molecule has 4 N–H and O–H groups in total. The number of carboxylic acid groups (broad SMARTS) is 1. The van der Waals surface area contributed by atoms with E-state index < -0.39 is 29.2 Å². The number of carbonyl (C=O) groups excluding carboxylic acids is 1. The summed E-state index contributed by atoms with van der Waals surface area (Å²) < 4.78 is 63.3. The monoisotopic (exact) mass is 728 g/mol. The molecule has 6 rings (SSSR count). The van der Waals surface area contributed by atoms with Crippen molar-refractivity contribution in [1.29, 1.82) is 0 Å². The lowest BCUT2D eigenvalue weighted by atomic mass is 10.1. The van der Waals surface area contributed by atoms with Crippen LogP contribution in [0, 0.1) is 47.0 Å². The first-order valence-electron chi connectivity index (χ1n) is 17.2. The van der Waals surface area contributed by atoms with Crippen molar-refractivity contribution in [2.24, 2.45) is 5.73 Å². The molecule has 2 fully saturated rings. The molecule has 276 valence electrons. The molecule has 2 atom stereocenters. The van der Waals surface area contributed by atoms with Gasteiger partial charge < -0.3 is 25.6 Å². The minimum Gasteiger partial charge on any atom is -0.478 e. The van der Waals surface area contributed by atoms with Gasteiger partial charge in [0, 0.05) is 55.1 Å². The molecular formula is C42H40F4N2O5. The second kappa shape index (κ2) is 21.2. The lowest BCUT2D eigenvalue weighted by molar-refractivity contribution is 0.0169. The van der Waals surface area contributed by atoms with Crippen LogP contribution < -0.4 is 11.1 Å². The Hall–Kier alpha value is -5.46. The molecule has 0 aromatic heterocycles. The summed E-state index contributed by atoms with van der Waals surface area (Å²) in [5.41, 5.74) is 7.46. The zero-order valence-corrected chi connectivity index (χ0v) is 29.0. The van der Waals surface area contributed by atoms with Crippen LogP contribution in [0.3, 0.4) is 0 Å². The van der Waals surface area contributed by atoms with Crippen molar-refractivity contribution in [3.05, 3.63) is 142 Å². The molecular weight excluding hydrogens is 688 g/mol. The van der Waals surface area contributed by atoms with E-state index in [2.05, 4.69) is 29.0 Å². The Bertz CT molecular complexity index is 1940. The molecule has 2 aliphatic heterocycles. The van der Waals surface area contributed by atoms with Crippen LogP contribution in [0.5, 0.6) is 0 Å². The molecule has 0 saturated carbocycles. The predicted molar refractivity (Wildman–Crippen MR) is 193 cm³/mol. The molecule has 2 unspecified atom stereocenters. The summed E-state index contributed by atoms with van der Waals surface area (Å²) in [7, 11) is 0. The number of nitrogens with one attached hydrogen (secondary N) is 1. The predicted octanol–water partition coefficient (Wildman–Crippen LogP) is 7.24. The van der Waals surface area contributed by atoms with Gasteiger partial charge in [-0.15, -0.1) is 0 Å². The molecule has 2 aliphatic rings. The van der Waals surface area contributed by atoms with Gasteiger partial charge in [0.2, 0.25) is 0 Å². The molecule has 1 amide bonds. The molecule has 53 heavy (non-hydrogen) atoms. The highest BCUT2D eigenvalue weighted by atomic mass is 19.1. The summed E-state index contributed by atoms with van der Waals surface area (Å²) in [4.78, 5) is 22.8. The second-order valence-corrected chi connectivity index (χ2v) is 12.1. The van der Waals surface area contributed by atoms with Crippen LogP contribution in [0.25, 0.3) is 0 Å². The van der Waals surface area contributed by atoms with Crippen molar-refractivity contribution < 1.29 is 41.7 Å². The van der Waals surface area contributed by atoms with Crippen LogP contribution in [-0.4, -0.2) is 55.5 Å². The third kappa shape index (κ3) is 13.9. The van der Waals surface area contributed by atoms with Crippen LogP contribution >= 0.6 is 0 Å². The van der Waals surface area contributed by atoms with E-state index in [4.69, 9.17) is 20.3 Å². The maximum Gasteiger partial charge on any atom is 0.335 e. The molecule has 0 aliphatic carbocycles. The van der Waals surface area contributed by atoms with Crippen molar-refractivity contribution in [3.8, 4) is 23.7 Å². The number of hydrogen-bond donors (Lipinski definition) is 3. The maximum absolute atomic E-state index is 13.6. The molecule has 11 heteroatoms. The van der Waals surface area contributed by atoms with Gasteiger partial charge >= 0.3 is 5.97 Å². The Morgan fingerprint density at radius 1 is 0.660 bits per heavy atom. The van der Waals surface area contributed by atoms with E-state index in [1.807, 2.05) is 0 Å². The normalized spacial score (nSPS) is 16.1. The third-order valence-corrected chi connectivity index (χ3v) is 8.13. The molecule has 2 heterocycles. The fraction of sp³-hybridized carbons (Fsp3) is 0.286. The third-order valence-electron chi connectivity index (χ3n) is 8.13. The number of ether oxygens (including phenoxy) is 2. The van der Waals surface area contributed by atoms with E-state index in [9.17, 15) is 27.2 Å². The first kappa shape index (κ1) is 40.3. The molecule has 0 bridgehead atoms. The van der Waals surface area contributed by atoms with Crippen molar-refractivity contribution in [2.75, 3.05) is 26.3 Å². The minimum absolute atomic E-state index is 0.0865. The fourth-order valence-electron chi connectivity index (χ4n) is 5.13. The lowest BCUT2D eigenvalue weighted by Gasteiger charge is -2.22. The summed E-state index contributed by atoms with van der Waals surface area (Å²) in [6.45, 7) is 2.87. The van der Waals surface area contributed by atoms with Gasteiger partial charge in [0.1, 0.15) is 23.3 Å². The van der Waals surface area contributed by atoms with Crippen LogP contribution in [0.15, 0.2) is 84.9 Å². The van der Waals surface area contributed by atoms with E-state index in [0.29, 0.717) is 35.9 Å². The van der Waals surface area contributed by atoms with E-state index in [1.54, 1.807) is 24.3 Å². The van der Waals surface area contributed by atoms with Crippen LogP contribution in [0.4, 0.5) is 17.6 Å². The quantitative estimate of drug-likeness (QED) is 0.148. The Morgan fingerprint density at radius 3 is 1.53 bits per heavy atom. The van der Waals surface area contributed by atoms with Gasteiger partial charge in [-0.05, 0) is 111 Å². The SMILES string of the molecule is NCC1CCCCO1.O=C(NCC1CCCCO1)c1ccc(C#Cc2ccc(F)cc2F)cc1.O=C(O)c1ccc(C#Cc2ccc(F)cc2F)cc1. The number of rotatable bonds is 5. The summed E-state index contributed by atoms with van der Waals surface area (Å²) >= 11 is 0. The molecule has 4 aromatic carbocycles. The van der Waals surface area contributed by atoms with Gasteiger partial charge in [-0.2, -0.15) is 0 Å². The van der Waals surface area contributed by atoms with E-state index in [-0.39, 0.29) is 28.7 Å². The topological polar surface area (TPSA) is 111 Å². The smallest absolute Gasteiger partial charge is 0.335 e. The Balaban J connectivity index is 0.000000202. The first-order valence-corrected chi connectivity index (χ1v) is 17.2. The molecule has 0 spiro atoms. The summed E-state index contributed by atoms with van der Waals surface area (Å²) in [5, 5.41) is 11.6. The van der Waals surface area contributed by atoms with Gasteiger partial charge in [0.15, 0.2) is 0 Å². The van der Waals surface area contributed by atoms with Gasteiger partial charge in [0.25, 0.3) is 5.91 Å².